The van der Waals surface area contributed by atoms with E-state index in [1.54, 1.807) is 12.3 Å². The third-order valence-electron chi connectivity index (χ3n) is 6.99. The number of fused-ring (bicyclic) bond motifs is 5. The number of ether oxygens (including phenoxy) is 2. The van der Waals surface area contributed by atoms with Gasteiger partial charge in [0, 0.05) is 12.1 Å². The van der Waals surface area contributed by atoms with Gasteiger partial charge in [0.05, 0.1) is 25.3 Å². The second-order valence-electron chi connectivity index (χ2n) is 8.91. The molecule has 0 radical (unpaired) electrons. The van der Waals surface area contributed by atoms with Gasteiger partial charge >= 0.3 is 6.09 Å². The fraction of sp³-hybridized carbons (Fsp3) is 0.250. The number of aromatic nitrogens is 1. The average Bonchev–Trinajstić information content (AvgIpc) is 3.20. The highest BCUT2D eigenvalue weighted by Crippen LogP contribution is 2.44. The number of amides is 1. The van der Waals surface area contributed by atoms with Gasteiger partial charge in [-0.25, -0.2) is 9.78 Å². The Morgan fingerprint density at radius 1 is 1.06 bits per heavy atom. The number of pyridine rings is 1. The van der Waals surface area contributed by atoms with Gasteiger partial charge in [-0.3, -0.25) is 4.90 Å². The van der Waals surface area contributed by atoms with Crippen molar-refractivity contribution in [3.05, 3.63) is 95.3 Å². The van der Waals surface area contributed by atoms with Crippen LogP contribution >= 0.6 is 0 Å². The van der Waals surface area contributed by atoms with Crippen LogP contribution in [0.3, 0.4) is 0 Å². The van der Waals surface area contributed by atoms with E-state index in [1.807, 2.05) is 41.3 Å². The maximum Gasteiger partial charge on any atom is 0.410 e. The van der Waals surface area contributed by atoms with Gasteiger partial charge < -0.3 is 9.47 Å². The molecule has 34 heavy (non-hydrogen) atoms. The predicted octanol–water partition coefficient (Wildman–Crippen LogP) is 4.76. The van der Waals surface area contributed by atoms with Crippen LogP contribution in [0.4, 0.5) is 4.79 Å². The van der Waals surface area contributed by atoms with E-state index in [0.717, 1.165) is 11.1 Å². The maximum absolute atomic E-state index is 13.3. The van der Waals surface area contributed by atoms with Gasteiger partial charge in [0.2, 0.25) is 0 Å². The number of nitriles is 1. The Hall–Kier alpha value is -3.95. The normalized spacial score (nSPS) is 20.7. The number of carbonyl (C=O) groups is 1. The molecule has 1 saturated heterocycles. The Morgan fingerprint density at radius 2 is 1.79 bits per heavy atom. The molecule has 3 aliphatic rings. The number of morpholine rings is 1. The van der Waals surface area contributed by atoms with Gasteiger partial charge in [-0.05, 0) is 45.9 Å². The fourth-order valence-corrected chi connectivity index (χ4v) is 5.41. The van der Waals surface area contributed by atoms with Gasteiger partial charge in [0.1, 0.15) is 18.4 Å². The lowest BCUT2D eigenvalue weighted by molar-refractivity contribution is -0.0331. The molecular weight excluding hydrogens is 426 g/mol. The number of rotatable bonds is 3. The Balaban J connectivity index is 1.21. The SMILES string of the molecule is N#Cc1ccc(C2=CC3COCC(C2)N3C(=O)OCC2c3ccccc3-c3ccccc32)cn1. The molecule has 6 heteroatoms. The molecule has 1 aromatic heterocycles. The summed E-state index contributed by atoms with van der Waals surface area (Å²) in [5, 5.41) is 9.00. The molecule has 6 nitrogen and oxygen atoms in total. The van der Waals surface area contributed by atoms with Crippen molar-refractivity contribution in [2.24, 2.45) is 0 Å². The summed E-state index contributed by atoms with van der Waals surface area (Å²) >= 11 is 0. The lowest BCUT2D eigenvalue weighted by atomic mass is 9.91. The lowest BCUT2D eigenvalue weighted by Crippen LogP contribution is -2.56. The summed E-state index contributed by atoms with van der Waals surface area (Å²) in [7, 11) is 0. The summed E-state index contributed by atoms with van der Waals surface area (Å²) < 4.78 is 11.7. The summed E-state index contributed by atoms with van der Waals surface area (Å²) in [5.74, 6) is 0.0352. The minimum Gasteiger partial charge on any atom is -0.448 e. The van der Waals surface area contributed by atoms with Gasteiger partial charge in [-0.1, -0.05) is 60.7 Å². The summed E-state index contributed by atoms with van der Waals surface area (Å²) in [6, 6.07) is 22.1. The molecule has 1 amide bonds. The first kappa shape index (κ1) is 20.6. The third-order valence-corrected chi connectivity index (χ3v) is 6.99. The van der Waals surface area contributed by atoms with Gasteiger partial charge in [0.15, 0.2) is 0 Å². The van der Waals surface area contributed by atoms with Crippen molar-refractivity contribution in [3.63, 3.8) is 0 Å². The molecule has 0 N–H and O–H groups in total. The van der Waals surface area contributed by atoms with Crippen molar-refractivity contribution < 1.29 is 14.3 Å². The molecule has 2 aromatic carbocycles. The van der Waals surface area contributed by atoms with E-state index < -0.39 is 0 Å². The van der Waals surface area contributed by atoms with Gasteiger partial charge in [-0.15, -0.1) is 0 Å². The first-order valence-corrected chi connectivity index (χ1v) is 11.5. The molecule has 2 atom stereocenters. The van der Waals surface area contributed by atoms with Crippen LogP contribution in [-0.2, 0) is 9.47 Å². The number of benzene rings is 2. The lowest BCUT2D eigenvalue weighted by Gasteiger charge is -2.43. The van der Waals surface area contributed by atoms with Crippen LogP contribution in [0.5, 0.6) is 0 Å². The Bertz CT molecular complexity index is 1280. The summed E-state index contributed by atoms with van der Waals surface area (Å²) in [6.45, 7) is 1.22. The molecular formula is C28H23N3O3. The van der Waals surface area contributed by atoms with E-state index in [1.165, 1.54) is 22.3 Å². The van der Waals surface area contributed by atoms with Crippen molar-refractivity contribution in [1.29, 1.82) is 5.26 Å². The van der Waals surface area contributed by atoms with E-state index in [0.29, 0.717) is 31.9 Å². The van der Waals surface area contributed by atoms with E-state index in [2.05, 4.69) is 35.3 Å². The first-order chi connectivity index (χ1) is 16.7. The number of nitrogens with zero attached hydrogens (tertiary/aromatic N) is 3. The predicted molar refractivity (Wildman–Crippen MR) is 127 cm³/mol. The standard InChI is InChI=1S/C28H23N3O3/c29-13-20-10-9-18(14-30-20)19-11-21-15-33-16-22(12-19)31(21)28(32)34-17-27-25-7-3-1-5-23(25)24-6-2-4-8-26(24)27/h1-11,14,21-22,27H,12,15-17H2. The molecule has 2 unspecified atom stereocenters. The van der Waals surface area contributed by atoms with Crippen LogP contribution in [0, 0.1) is 11.3 Å². The molecule has 0 spiro atoms. The molecule has 1 fully saturated rings. The summed E-state index contributed by atoms with van der Waals surface area (Å²) in [6.07, 6.45) is 4.16. The van der Waals surface area contributed by atoms with Crippen molar-refractivity contribution in [1.82, 2.24) is 9.88 Å². The van der Waals surface area contributed by atoms with Crippen LogP contribution < -0.4 is 0 Å². The van der Waals surface area contributed by atoms with Crippen LogP contribution in [0.15, 0.2) is 72.9 Å². The Morgan fingerprint density at radius 3 is 2.44 bits per heavy atom. The highest BCUT2D eigenvalue weighted by Gasteiger charge is 2.40. The summed E-state index contributed by atoms with van der Waals surface area (Å²) in [5.41, 5.74) is 7.32. The first-order valence-electron chi connectivity index (χ1n) is 11.5. The highest BCUT2D eigenvalue weighted by molar-refractivity contribution is 5.79. The van der Waals surface area contributed by atoms with E-state index >= 15 is 0 Å². The molecule has 0 saturated carbocycles. The topological polar surface area (TPSA) is 75.5 Å². The number of hydrogen-bond acceptors (Lipinski definition) is 5. The minimum atomic E-state index is -0.298. The quantitative estimate of drug-likeness (QED) is 0.576. The van der Waals surface area contributed by atoms with Crippen LogP contribution in [0.2, 0.25) is 0 Å². The molecule has 2 aliphatic heterocycles. The highest BCUT2D eigenvalue weighted by atomic mass is 16.6. The smallest absolute Gasteiger partial charge is 0.410 e. The fourth-order valence-electron chi connectivity index (χ4n) is 5.41. The largest absolute Gasteiger partial charge is 0.448 e. The Labute approximate surface area is 198 Å². The molecule has 168 valence electrons. The van der Waals surface area contributed by atoms with Crippen LogP contribution in [0.25, 0.3) is 16.7 Å². The van der Waals surface area contributed by atoms with E-state index in [-0.39, 0.29) is 24.1 Å². The number of hydrogen-bond donors (Lipinski definition) is 0. The molecule has 3 aromatic rings. The van der Waals surface area contributed by atoms with Gasteiger partial charge in [0.25, 0.3) is 0 Å². The Kier molecular flexibility index (Phi) is 5.12. The van der Waals surface area contributed by atoms with Crippen LogP contribution in [0.1, 0.15) is 34.7 Å². The van der Waals surface area contributed by atoms with E-state index in [9.17, 15) is 4.79 Å². The van der Waals surface area contributed by atoms with Crippen molar-refractivity contribution >= 4 is 11.7 Å². The molecule has 1 aliphatic carbocycles. The third kappa shape index (κ3) is 3.46. The molecule has 3 heterocycles. The zero-order valence-corrected chi connectivity index (χ0v) is 18.6. The second-order valence-corrected chi connectivity index (χ2v) is 8.91. The summed E-state index contributed by atoms with van der Waals surface area (Å²) in [4.78, 5) is 19.3. The van der Waals surface area contributed by atoms with E-state index in [4.69, 9.17) is 14.7 Å². The van der Waals surface area contributed by atoms with Gasteiger partial charge in [-0.2, -0.15) is 5.26 Å². The molecule has 2 bridgehead atoms. The maximum atomic E-state index is 13.3. The monoisotopic (exact) mass is 449 g/mol. The number of carbonyl (C=O) groups excluding carboxylic acids is 1. The van der Waals surface area contributed by atoms with Crippen molar-refractivity contribution in [3.8, 4) is 17.2 Å². The van der Waals surface area contributed by atoms with Crippen molar-refractivity contribution in [2.75, 3.05) is 19.8 Å². The average molecular weight is 450 g/mol. The van der Waals surface area contributed by atoms with Crippen molar-refractivity contribution in [2.45, 2.75) is 24.4 Å². The van der Waals surface area contributed by atoms with Crippen LogP contribution in [-0.4, -0.2) is 47.9 Å². The zero-order valence-electron chi connectivity index (χ0n) is 18.6. The minimum absolute atomic E-state index is 0.0352. The second kappa shape index (κ2) is 8.44. The zero-order chi connectivity index (χ0) is 23.1. The molecule has 6 rings (SSSR count).